The molecular formula is C102H64N6. The second kappa shape index (κ2) is 25.7. The van der Waals surface area contributed by atoms with Gasteiger partial charge in [-0.3, -0.25) is 0 Å². The minimum Gasteiger partial charge on any atom is -0.309 e. The zero-order chi connectivity index (χ0) is 71.2. The van der Waals surface area contributed by atoms with E-state index in [1.807, 2.05) is 0 Å². The maximum Gasteiger partial charge on any atom is 0.161 e. The summed E-state index contributed by atoms with van der Waals surface area (Å²) in [6.45, 7) is 0. The molecule has 0 amide bonds. The Bertz CT molecular complexity index is 7350. The molecule has 4 aromatic heterocycles. The topological polar surface area (TPSA) is 61.4 Å². The highest BCUT2D eigenvalue weighted by molar-refractivity contribution is 6.17. The molecule has 0 atom stereocenters. The van der Waals surface area contributed by atoms with Crippen LogP contribution in [-0.2, 0) is 0 Å². The Labute approximate surface area is 622 Å². The zero-order valence-corrected chi connectivity index (χ0v) is 58.6. The predicted octanol–water partition coefficient (Wildman–Crippen LogP) is 26.9. The highest BCUT2D eigenvalue weighted by atomic mass is 15.0. The molecule has 0 saturated carbocycles. The van der Waals surface area contributed by atoms with Crippen molar-refractivity contribution in [3.05, 3.63) is 388 Å². The van der Waals surface area contributed by atoms with E-state index >= 15 is 0 Å². The first-order valence-corrected chi connectivity index (χ1v) is 36.8. The van der Waals surface area contributed by atoms with Crippen molar-refractivity contribution in [2.45, 2.75) is 0 Å². The average Bonchev–Trinajstić information content (AvgIpc) is 1.56. The van der Waals surface area contributed by atoms with Crippen molar-refractivity contribution in [3.8, 4) is 90.0 Å². The number of nitrogens with zero attached hydrogens (tertiary/aromatic N) is 6. The highest BCUT2D eigenvalue weighted by Crippen LogP contribution is 2.44. The maximum absolute atomic E-state index is 5.44. The second-order valence-corrected chi connectivity index (χ2v) is 28.0. The van der Waals surface area contributed by atoms with Crippen LogP contribution in [0.25, 0.3) is 209 Å². The van der Waals surface area contributed by atoms with Crippen LogP contribution in [-0.4, -0.2) is 29.1 Å². The van der Waals surface area contributed by atoms with Gasteiger partial charge in [0.2, 0.25) is 0 Å². The second-order valence-electron chi connectivity index (χ2n) is 28.0. The van der Waals surface area contributed by atoms with Gasteiger partial charge in [-0.15, -0.1) is 0 Å². The summed E-state index contributed by atoms with van der Waals surface area (Å²) in [5.41, 5.74) is 21.8. The van der Waals surface area contributed by atoms with Gasteiger partial charge in [0, 0.05) is 65.3 Å². The predicted molar refractivity (Wildman–Crippen MR) is 453 cm³/mol. The standard InChI is InChI=1S/C52H33N3.C50H31N3/c1-3-13-34(14-4-1)36-23-25-37(26-24-36)51-46-32-40(35-15-5-2-6-16-35)27-29-47(46)53-52(54-51)44-28-30-49(42-20-10-9-19-41(42)44)55-48-22-12-11-21-43(48)45-31-38-17-7-8-18-39(38)33-50(45)55;1-2-12-32(13-3-1)37-24-26-45-44(30-37)49(38-23-22-33-14-4-5-15-34(33)28-38)52-50(51-45)42-25-27-47(40-19-9-8-18-39(40)42)53-46-21-11-10-20-41(46)43-29-35-16-6-7-17-36(35)31-48(43)53/h1-33H;1-31H. The molecule has 22 rings (SSSR count). The van der Waals surface area contributed by atoms with E-state index in [1.165, 1.54) is 98.2 Å². The SMILES string of the molecule is c1ccc(-c2ccc(-c3nc(-c4ccc(-n5c6ccccc6c6cc7ccccc7cc65)c5ccccc45)nc4ccc(-c5ccccc5)cc34)cc2)cc1.c1ccc(-c2ccc3nc(-c4ccc(-n5c6ccccc6c6cc7ccccc7cc65)c5ccccc45)nc(-c4ccc5ccccc5c4)c3c2)cc1. The lowest BCUT2D eigenvalue weighted by Crippen LogP contribution is -1.99. The lowest BCUT2D eigenvalue weighted by atomic mass is 9.97. The summed E-state index contributed by atoms with van der Waals surface area (Å²) in [5, 5.41) is 18.9. The molecule has 4 heterocycles. The number of para-hydroxylation sites is 2. The molecular weight excluding hydrogens is 1310 g/mol. The molecule has 18 aromatic carbocycles. The normalized spacial score (nSPS) is 11.7. The van der Waals surface area contributed by atoms with Crippen molar-refractivity contribution < 1.29 is 0 Å². The highest BCUT2D eigenvalue weighted by Gasteiger charge is 2.23. The summed E-state index contributed by atoms with van der Waals surface area (Å²) in [6.07, 6.45) is 0. The molecule has 0 aliphatic carbocycles. The largest absolute Gasteiger partial charge is 0.309 e. The van der Waals surface area contributed by atoms with Gasteiger partial charge in [0.05, 0.1) is 55.9 Å². The smallest absolute Gasteiger partial charge is 0.161 e. The Morgan fingerprint density at radius 2 is 0.500 bits per heavy atom. The minimum atomic E-state index is 0.707. The van der Waals surface area contributed by atoms with Crippen molar-refractivity contribution in [3.63, 3.8) is 0 Å². The van der Waals surface area contributed by atoms with Crippen molar-refractivity contribution in [1.82, 2.24) is 29.1 Å². The van der Waals surface area contributed by atoms with E-state index in [0.717, 1.165) is 99.5 Å². The van der Waals surface area contributed by atoms with Crippen molar-refractivity contribution in [1.29, 1.82) is 0 Å². The maximum atomic E-state index is 5.44. The first kappa shape index (κ1) is 62.1. The van der Waals surface area contributed by atoms with Gasteiger partial charge in [-0.05, 0) is 167 Å². The number of hydrogen-bond donors (Lipinski definition) is 0. The lowest BCUT2D eigenvalue weighted by Gasteiger charge is -2.16. The Morgan fingerprint density at radius 1 is 0.167 bits per heavy atom. The van der Waals surface area contributed by atoms with Gasteiger partial charge in [-0.1, -0.05) is 297 Å². The molecule has 0 fully saturated rings. The summed E-state index contributed by atoms with van der Waals surface area (Å²) in [7, 11) is 0. The first-order chi connectivity index (χ1) is 53.5. The van der Waals surface area contributed by atoms with Crippen LogP contribution in [0.4, 0.5) is 0 Å². The Kier molecular flexibility index (Phi) is 14.8. The summed E-state index contributed by atoms with van der Waals surface area (Å²) >= 11 is 0. The van der Waals surface area contributed by atoms with Crippen molar-refractivity contribution in [2.24, 2.45) is 0 Å². The van der Waals surface area contributed by atoms with Gasteiger partial charge >= 0.3 is 0 Å². The fourth-order valence-corrected chi connectivity index (χ4v) is 16.5. The van der Waals surface area contributed by atoms with Crippen LogP contribution >= 0.6 is 0 Å². The van der Waals surface area contributed by atoms with Gasteiger partial charge in [0.25, 0.3) is 0 Å². The number of hydrogen-bond acceptors (Lipinski definition) is 4. The Balaban J connectivity index is 0.000000138. The molecule has 0 spiro atoms. The zero-order valence-electron chi connectivity index (χ0n) is 58.6. The van der Waals surface area contributed by atoms with Crippen LogP contribution in [0.3, 0.4) is 0 Å². The Hall–Kier alpha value is -14.5. The monoisotopic (exact) mass is 1370 g/mol. The van der Waals surface area contributed by atoms with Gasteiger partial charge in [-0.25, -0.2) is 19.9 Å². The summed E-state index contributed by atoms with van der Waals surface area (Å²) in [6, 6.07) is 139. The van der Waals surface area contributed by atoms with E-state index in [0.29, 0.717) is 11.6 Å². The summed E-state index contributed by atoms with van der Waals surface area (Å²) in [5.74, 6) is 1.42. The molecule has 0 aliphatic heterocycles. The van der Waals surface area contributed by atoms with E-state index in [1.54, 1.807) is 0 Å². The van der Waals surface area contributed by atoms with Crippen molar-refractivity contribution >= 4 is 119 Å². The molecule has 0 unspecified atom stereocenters. The molecule has 0 radical (unpaired) electrons. The van der Waals surface area contributed by atoms with Crippen LogP contribution in [0.5, 0.6) is 0 Å². The molecule has 0 bridgehead atoms. The third-order valence-electron chi connectivity index (χ3n) is 21.7. The minimum absolute atomic E-state index is 0.707. The van der Waals surface area contributed by atoms with E-state index in [2.05, 4.69) is 397 Å². The molecule has 108 heavy (non-hydrogen) atoms. The molecule has 0 aliphatic rings. The summed E-state index contributed by atoms with van der Waals surface area (Å²) < 4.78 is 4.85. The quantitative estimate of drug-likeness (QED) is 0.144. The fourth-order valence-electron chi connectivity index (χ4n) is 16.5. The van der Waals surface area contributed by atoms with Crippen LogP contribution in [0.15, 0.2) is 388 Å². The average molecular weight is 1370 g/mol. The van der Waals surface area contributed by atoms with Crippen LogP contribution in [0.1, 0.15) is 0 Å². The molecule has 502 valence electrons. The van der Waals surface area contributed by atoms with Gasteiger partial charge in [0.1, 0.15) is 0 Å². The van der Waals surface area contributed by atoms with Gasteiger partial charge < -0.3 is 9.13 Å². The molecule has 0 N–H and O–H groups in total. The molecule has 6 nitrogen and oxygen atoms in total. The first-order valence-electron chi connectivity index (χ1n) is 36.8. The number of benzene rings is 18. The van der Waals surface area contributed by atoms with Crippen molar-refractivity contribution in [2.75, 3.05) is 0 Å². The lowest BCUT2D eigenvalue weighted by molar-refractivity contribution is 1.19. The third kappa shape index (κ3) is 10.6. The molecule has 6 heteroatoms. The van der Waals surface area contributed by atoms with E-state index in [4.69, 9.17) is 19.9 Å². The van der Waals surface area contributed by atoms with Gasteiger partial charge in [0.15, 0.2) is 11.6 Å². The van der Waals surface area contributed by atoms with Crippen LogP contribution in [0, 0.1) is 0 Å². The number of rotatable bonds is 9. The van der Waals surface area contributed by atoms with Gasteiger partial charge in [-0.2, -0.15) is 0 Å². The summed E-state index contributed by atoms with van der Waals surface area (Å²) in [4.78, 5) is 21.5. The van der Waals surface area contributed by atoms with Crippen LogP contribution in [0.2, 0.25) is 0 Å². The molecule has 0 saturated heterocycles. The Morgan fingerprint density at radius 3 is 0.963 bits per heavy atom. The number of aromatic nitrogens is 6. The fraction of sp³-hybridized carbons (Fsp3) is 0. The number of fused-ring (bicyclic) bond motifs is 13. The van der Waals surface area contributed by atoms with E-state index in [-0.39, 0.29) is 0 Å². The third-order valence-corrected chi connectivity index (χ3v) is 21.7. The molecule has 22 aromatic rings. The van der Waals surface area contributed by atoms with E-state index in [9.17, 15) is 0 Å². The van der Waals surface area contributed by atoms with Crippen LogP contribution < -0.4 is 0 Å². The van der Waals surface area contributed by atoms with E-state index < -0.39 is 0 Å².